The Hall–Kier alpha value is -3.23. The summed E-state index contributed by atoms with van der Waals surface area (Å²) in [6.45, 7) is 0.782. The number of phenolic OH excluding ortho intramolecular Hbond substituents is 2. The van der Waals surface area contributed by atoms with Gasteiger partial charge in [-0.15, -0.1) is 0 Å². The Balaban J connectivity index is 1.94. The number of thioether (sulfide) groups is 1. The van der Waals surface area contributed by atoms with Crippen LogP contribution in [0.15, 0.2) is 42.5 Å². The van der Waals surface area contributed by atoms with Gasteiger partial charge >= 0.3 is 0 Å². The molecule has 0 radical (unpaired) electrons. The Labute approximate surface area is 215 Å². The van der Waals surface area contributed by atoms with Gasteiger partial charge in [0, 0.05) is 12.2 Å². The summed E-state index contributed by atoms with van der Waals surface area (Å²) in [7, 11) is 3.05. The summed E-state index contributed by atoms with van der Waals surface area (Å²) in [6.07, 6.45) is 12.0. The number of nitrogens with zero attached hydrogens (tertiary/aromatic N) is 2. The van der Waals surface area contributed by atoms with Crippen molar-refractivity contribution in [2.45, 2.75) is 19.4 Å². The van der Waals surface area contributed by atoms with Crippen molar-refractivity contribution in [1.29, 1.82) is 0 Å². The average molecular weight is 511 g/mol. The van der Waals surface area contributed by atoms with Crippen molar-refractivity contribution >= 4 is 48.3 Å². The molecule has 2 aromatic carbocycles. The zero-order valence-corrected chi connectivity index (χ0v) is 21.7. The summed E-state index contributed by atoms with van der Waals surface area (Å²) in [5, 5.41) is 19.7. The molecule has 184 valence electrons. The van der Waals surface area contributed by atoms with Crippen LogP contribution >= 0.6 is 24.0 Å². The molecule has 3 aromatic rings. The van der Waals surface area contributed by atoms with E-state index < -0.39 is 0 Å². The first-order chi connectivity index (χ1) is 16.9. The fourth-order valence-corrected chi connectivity index (χ4v) is 4.26. The monoisotopic (exact) mass is 510 g/mol. The molecule has 1 heterocycles. The van der Waals surface area contributed by atoms with Gasteiger partial charge in [-0.25, -0.2) is 4.98 Å². The number of unbranched alkanes of at least 4 members (excludes halogenated alkanes) is 1. The van der Waals surface area contributed by atoms with Crippen LogP contribution in [0.25, 0.3) is 24.3 Å². The highest BCUT2D eigenvalue weighted by Gasteiger charge is 2.06. The molecule has 0 amide bonds. The first-order valence-corrected chi connectivity index (χ1v) is 13.0. The molecule has 0 aliphatic heterocycles. The largest absolute Gasteiger partial charge is 0.504 e. The molecule has 1 aromatic heterocycles. The first-order valence-electron chi connectivity index (χ1n) is 11.2. The van der Waals surface area contributed by atoms with Crippen LogP contribution in [0.4, 0.5) is 0 Å². The van der Waals surface area contributed by atoms with Crippen LogP contribution < -0.4 is 9.47 Å². The Kier molecular flexibility index (Phi) is 9.81. The standard InChI is InChI=1S/C27H30N2O4S2/c1-32-25-16-19(8-12-23(25)30)6-10-21-18-22(29(27(34)28-21)14-4-5-15-35-3)11-7-20-9-13-24(31)26(17-20)33-2/h6-13,16-18,30-31H,4-5,14-15H2,1-3H3. The molecule has 0 aliphatic rings. The Morgan fingerprint density at radius 1 is 0.886 bits per heavy atom. The van der Waals surface area contributed by atoms with Gasteiger partial charge in [0.1, 0.15) is 0 Å². The van der Waals surface area contributed by atoms with Gasteiger partial charge in [-0.05, 0) is 90.7 Å². The van der Waals surface area contributed by atoms with Crippen LogP contribution in [0.3, 0.4) is 0 Å². The molecule has 2 N–H and O–H groups in total. The van der Waals surface area contributed by atoms with Gasteiger partial charge in [0.2, 0.25) is 0 Å². The van der Waals surface area contributed by atoms with E-state index in [1.165, 1.54) is 14.2 Å². The van der Waals surface area contributed by atoms with Crippen molar-refractivity contribution in [1.82, 2.24) is 9.55 Å². The maximum absolute atomic E-state index is 9.87. The maximum Gasteiger partial charge on any atom is 0.200 e. The molecule has 35 heavy (non-hydrogen) atoms. The Morgan fingerprint density at radius 2 is 1.49 bits per heavy atom. The third-order valence-corrected chi connectivity index (χ3v) is 6.35. The van der Waals surface area contributed by atoms with Gasteiger partial charge in [-0.2, -0.15) is 11.8 Å². The summed E-state index contributed by atoms with van der Waals surface area (Å²) in [4.78, 5) is 4.62. The maximum atomic E-state index is 9.87. The van der Waals surface area contributed by atoms with E-state index in [2.05, 4.69) is 11.2 Å². The number of aromatic nitrogens is 2. The second-order valence-corrected chi connectivity index (χ2v) is 9.12. The second kappa shape index (κ2) is 13.0. The Bertz CT molecular complexity index is 1270. The minimum absolute atomic E-state index is 0.0936. The Morgan fingerprint density at radius 3 is 2.06 bits per heavy atom. The third-order valence-electron chi connectivity index (χ3n) is 5.34. The normalized spacial score (nSPS) is 11.4. The number of methoxy groups -OCH3 is 2. The zero-order chi connectivity index (χ0) is 25.2. The van der Waals surface area contributed by atoms with Crippen molar-refractivity contribution in [3.05, 3.63) is 69.8 Å². The van der Waals surface area contributed by atoms with Crippen molar-refractivity contribution < 1.29 is 19.7 Å². The van der Waals surface area contributed by atoms with Crippen molar-refractivity contribution in [2.75, 3.05) is 26.2 Å². The molecule has 0 saturated heterocycles. The summed E-state index contributed by atoms with van der Waals surface area (Å²) in [6, 6.07) is 12.4. The van der Waals surface area contributed by atoms with Crippen LogP contribution in [-0.2, 0) is 6.54 Å². The van der Waals surface area contributed by atoms with Gasteiger partial charge in [0.15, 0.2) is 27.8 Å². The van der Waals surface area contributed by atoms with Gasteiger partial charge in [-0.3, -0.25) is 0 Å². The molecular weight excluding hydrogens is 480 g/mol. The lowest BCUT2D eigenvalue weighted by Crippen LogP contribution is -2.08. The number of aromatic hydroxyl groups is 2. The highest BCUT2D eigenvalue weighted by molar-refractivity contribution is 7.98. The number of hydrogen-bond acceptors (Lipinski definition) is 7. The average Bonchev–Trinajstić information content (AvgIpc) is 2.86. The SMILES string of the molecule is COc1cc(C=Cc2cc(C=Cc3ccc(O)c(OC)c3)n(CCCCSC)c(=S)n2)ccc1O. The van der Waals surface area contributed by atoms with Gasteiger partial charge in [0.05, 0.1) is 19.9 Å². The number of rotatable bonds is 11. The number of phenols is 2. The first kappa shape index (κ1) is 26.4. The quantitative estimate of drug-likeness (QED) is 0.224. The lowest BCUT2D eigenvalue weighted by molar-refractivity contribution is 0.373. The summed E-state index contributed by atoms with van der Waals surface area (Å²) in [5.41, 5.74) is 3.42. The van der Waals surface area contributed by atoms with Gasteiger partial charge in [0.25, 0.3) is 0 Å². The van der Waals surface area contributed by atoms with Crippen LogP contribution in [0.1, 0.15) is 35.4 Å². The number of ether oxygens (including phenoxy) is 2. The van der Waals surface area contributed by atoms with Crippen molar-refractivity contribution in [3.8, 4) is 23.0 Å². The fourth-order valence-electron chi connectivity index (χ4n) is 3.47. The van der Waals surface area contributed by atoms with Crippen LogP contribution in [0.2, 0.25) is 0 Å². The van der Waals surface area contributed by atoms with E-state index >= 15 is 0 Å². The topological polar surface area (TPSA) is 76.7 Å². The zero-order valence-electron chi connectivity index (χ0n) is 20.1. The van der Waals surface area contributed by atoms with Crippen LogP contribution in [0, 0.1) is 4.77 Å². The van der Waals surface area contributed by atoms with Gasteiger partial charge in [-0.1, -0.05) is 24.3 Å². The lowest BCUT2D eigenvalue weighted by atomic mass is 10.1. The minimum Gasteiger partial charge on any atom is -0.504 e. The highest BCUT2D eigenvalue weighted by Crippen LogP contribution is 2.28. The molecule has 0 atom stereocenters. The lowest BCUT2D eigenvalue weighted by Gasteiger charge is -2.12. The number of benzene rings is 2. The van der Waals surface area contributed by atoms with E-state index in [0.717, 1.165) is 47.7 Å². The summed E-state index contributed by atoms with van der Waals surface area (Å²) in [5.74, 6) is 2.13. The van der Waals surface area contributed by atoms with Gasteiger partial charge < -0.3 is 24.3 Å². The van der Waals surface area contributed by atoms with E-state index in [9.17, 15) is 10.2 Å². The number of hydrogen-bond donors (Lipinski definition) is 2. The van der Waals surface area contributed by atoms with Crippen molar-refractivity contribution in [3.63, 3.8) is 0 Å². The van der Waals surface area contributed by atoms with E-state index in [1.54, 1.807) is 30.3 Å². The molecule has 0 bridgehead atoms. The minimum atomic E-state index is 0.0936. The second-order valence-electron chi connectivity index (χ2n) is 7.77. The van der Waals surface area contributed by atoms with E-state index in [-0.39, 0.29) is 11.5 Å². The molecule has 6 nitrogen and oxygen atoms in total. The summed E-state index contributed by atoms with van der Waals surface area (Å²) >= 11 is 7.49. The van der Waals surface area contributed by atoms with Crippen LogP contribution in [-0.4, -0.2) is 46.0 Å². The van der Waals surface area contributed by atoms with E-state index in [1.807, 2.05) is 52.8 Å². The van der Waals surface area contributed by atoms with E-state index in [4.69, 9.17) is 21.7 Å². The third kappa shape index (κ3) is 7.37. The molecule has 8 heteroatoms. The van der Waals surface area contributed by atoms with Crippen LogP contribution in [0.5, 0.6) is 23.0 Å². The van der Waals surface area contributed by atoms with E-state index in [0.29, 0.717) is 16.3 Å². The predicted molar refractivity (Wildman–Crippen MR) is 148 cm³/mol. The molecule has 0 spiro atoms. The molecular formula is C27H30N2O4S2. The molecule has 0 unspecified atom stereocenters. The smallest absolute Gasteiger partial charge is 0.200 e. The summed E-state index contributed by atoms with van der Waals surface area (Å²) < 4.78 is 13.0. The van der Waals surface area contributed by atoms with Crippen molar-refractivity contribution in [2.24, 2.45) is 0 Å². The molecule has 0 aliphatic carbocycles. The predicted octanol–water partition coefficient (Wildman–Crippen LogP) is 6.52. The molecule has 0 fully saturated rings. The highest BCUT2D eigenvalue weighted by atomic mass is 32.2. The fraction of sp³-hybridized carbons (Fsp3) is 0.259. The molecule has 3 rings (SSSR count). The molecule has 0 saturated carbocycles.